The molecule has 0 aromatic carbocycles. The van der Waals surface area contributed by atoms with Gasteiger partial charge in [0.25, 0.3) is 0 Å². The van der Waals surface area contributed by atoms with Crippen molar-refractivity contribution in [2.75, 3.05) is 13.1 Å². The molecule has 0 aliphatic carbocycles. The van der Waals surface area contributed by atoms with Crippen LogP contribution in [0.15, 0.2) is 23.8 Å². The Morgan fingerprint density at radius 1 is 0.900 bits per heavy atom. The first-order valence-corrected chi connectivity index (χ1v) is 19.3. The van der Waals surface area contributed by atoms with E-state index in [4.69, 9.17) is 14.2 Å². The Morgan fingerprint density at radius 2 is 1.64 bits per heavy atom. The van der Waals surface area contributed by atoms with E-state index in [0.717, 1.165) is 76.2 Å². The number of ketones is 2. The van der Waals surface area contributed by atoms with Gasteiger partial charge in [-0.3, -0.25) is 19.2 Å². The van der Waals surface area contributed by atoms with Crippen molar-refractivity contribution in [3.05, 3.63) is 23.8 Å². The topological polar surface area (TPSA) is 140 Å². The predicted octanol–water partition coefficient (Wildman–Crippen LogP) is 6.14. The molecule has 10 heteroatoms. The number of carbonyl (C=O) groups is 4. The maximum atomic E-state index is 12.8. The number of hydrogen-bond donors (Lipinski definition) is 3. The number of Topliss-reactive ketones (excluding diaryl/α,β-unsaturated/α-hetero) is 1. The molecule has 0 aromatic rings. The van der Waals surface area contributed by atoms with Gasteiger partial charge in [-0.05, 0) is 108 Å². The Bertz CT molecular complexity index is 1190. The predicted molar refractivity (Wildman–Crippen MR) is 194 cm³/mol. The summed E-state index contributed by atoms with van der Waals surface area (Å²) in [7, 11) is 0. The molecule has 5 unspecified atom stereocenters. The van der Waals surface area contributed by atoms with Gasteiger partial charge in [0.1, 0.15) is 0 Å². The molecule has 50 heavy (non-hydrogen) atoms. The summed E-state index contributed by atoms with van der Waals surface area (Å²) in [6.45, 7) is 13.8. The summed E-state index contributed by atoms with van der Waals surface area (Å²) in [5.41, 5.74) is 0.818. The molecule has 3 aliphatic heterocycles. The van der Waals surface area contributed by atoms with E-state index < -0.39 is 17.8 Å². The minimum Gasteiger partial charge on any atom is -0.390 e. The fraction of sp³-hybridized carbons (Fsp3) is 0.800. The summed E-state index contributed by atoms with van der Waals surface area (Å²) < 4.78 is 19.4. The van der Waals surface area contributed by atoms with E-state index in [9.17, 15) is 24.3 Å². The Labute approximate surface area is 300 Å². The normalized spacial score (nSPS) is 30.8. The third kappa shape index (κ3) is 13.6. The number of ether oxygens (including phenoxy) is 3. The van der Waals surface area contributed by atoms with Gasteiger partial charge in [-0.1, -0.05) is 39.8 Å². The highest BCUT2D eigenvalue weighted by atomic mass is 16.7. The van der Waals surface area contributed by atoms with Crippen molar-refractivity contribution >= 4 is 23.4 Å². The minimum atomic E-state index is -1.02. The first kappa shape index (κ1) is 42.0. The number of rotatable bonds is 18. The van der Waals surface area contributed by atoms with Crippen LogP contribution in [-0.4, -0.2) is 77.9 Å². The van der Waals surface area contributed by atoms with Gasteiger partial charge < -0.3 is 30.0 Å². The third-order valence-corrected chi connectivity index (χ3v) is 11.1. The van der Waals surface area contributed by atoms with Gasteiger partial charge in [0.2, 0.25) is 11.8 Å². The molecule has 3 saturated heterocycles. The quantitative estimate of drug-likeness (QED) is 0.114. The van der Waals surface area contributed by atoms with Crippen molar-refractivity contribution in [3.63, 3.8) is 0 Å². The number of carbonyl (C=O) groups excluding carboxylic acids is 4. The molecule has 3 N–H and O–H groups in total. The molecule has 3 rings (SSSR count). The maximum Gasteiger partial charge on any atom is 0.225 e. The molecule has 0 radical (unpaired) electrons. The monoisotopic (exact) mass is 702 g/mol. The molecule has 10 nitrogen and oxygen atoms in total. The number of aliphatic hydroxyl groups excluding tert-OH is 1. The van der Waals surface area contributed by atoms with Crippen LogP contribution in [-0.2, 0) is 33.4 Å². The van der Waals surface area contributed by atoms with Crippen molar-refractivity contribution in [2.24, 2.45) is 23.7 Å². The lowest BCUT2D eigenvalue weighted by atomic mass is 9.85. The molecular formula is C40H66N2O8. The maximum absolute atomic E-state index is 12.8. The number of allylic oxidation sites excluding steroid dienone is 4. The van der Waals surface area contributed by atoms with Crippen LogP contribution in [0.4, 0.5) is 0 Å². The smallest absolute Gasteiger partial charge is 0.225 e. The zero-order chi connectivity index (χ0) is 36.8. The summed E-state index contributed by atoms with van der Waals surface area (Å²) in [5.74, 6) is -0.658. The zero-order valence-electron chi connectivity index (χ0n) is 31.8. The van der Waals surface area contributed by atoms with E-state index in [1.807, 2.05) is 13.8 Å². The van der Waals surface area contributed by atoms with Crippen LogP contribution < -0.4 is 10.6 Å². The number of aliphatic hydroxyl groups is 1. The van der Waals surface area contributed by atoms with E-state index in [-0.39, 0.29) is 66.7 Å². The molecule has 1 spiro atoms. The van der Waals surface area contributed by atoms with Crippen LogP contribution in [0.5, 0.6) is 0 Å². The third-order valence-electron chi connectivity index (χ3n) is 11.1. The highest BCUT2D eigenvalue weighted by molar-refractivity contribution is 5.92. The molecule has 0 aromatic heterocycles. The van der Waals surface area contributed by atoms with Gasteiger partial charge in [-0.2, -0.15) is 0 Å². The lowest BCUT2D eigenvalue weighted by molar-refractivity contribution is -0.324. The van der Waals surface area contributed by atoms with E-state index in [0.29, 0.717) is 24.8 Å². The highest BCUT2D eigenvalue weighted by Crippen LogP contribution is 2.43. The zero-order valence-corrected chi connectivity index (χ0v) is 31.8. The second-order valence-corrected chi connectivity index (χ2v) is 15.5. The minimum absolute atomic E-state index is 0.0206. The second-order valence-electron chi connectivity index (χ2n) is 15.5. The van der Waals surface area contributed by atoms with Crippen LogP contribution in [0.2, 0.25) is 0 Å². The Morgan fingerprint density at radius 3 is 2.36 bits per heavy atom. The molecule has 0 bridgehead atoms. The van der Waals surface area contributed by atoms with Crippen molar-refractivity contribution in [1.29, 1.82) is 0 Å². The van der Waals surface area contributed by atoms with Gasteiger partial charge in [0, 0.05) is 32.4 Å². The van der Waals surface area contributed by atoms with Gasteiger partial charge in [0.15, 0.2) is 17.4 Å². The van der Waals surface area contributed by atoms with E-state index in [1.165, 1.54) is 0 Å². The molecule has 284 valence electrons. The van der Waals surface area contributed by atoms with E-state index in [1.54, 1.807) is 32.9 Å². The lowest BCUT2D eigenvalue weighted by Crippen LogP contribution is -2.50. The fourth-order valence-corrected chi connectivity index (χ4v) is 7.46. The van der Waals surface area contributed by atoms with Crippen molar-refractivity contribution in [3.8, 4) is 0 Å². The first-order chi connectivity index (χ1) is 23.7. The van der Waals surface area contributed by atoms with Crippen LogP contribution in [0.1, 0.15) is 132 Å². The fourth-order valence-electron chi connectivity index (χ4n) is 7.46. The van der Waals surface area contributed by atoms with Crippen LogP contribution in [0.3, 0.4) is 0 Å². The largest absolute Gasteiger partial charge is 0.390 e. The average Bonchev–Trinajstić information content (AvgIpc) is 3.07. The molecule has 3 fully saturated rings. The Balaban J connectivity index is 1.36. The molecular weight excluding hydrogens is 636 g/mol. The van der Waals surface area contributed by atoms with Gasteiger partial charge >= 0.3 is 0 Å². The highest BCUT2D eigenvalue weighted by Gasteiger charge is 2.44. The first-order valence-electron chi connectivity index (χ1n) is 19.3. The van der Waals surface area contributed by atoms with Gasteiger partial charge in [-0.15, -0.1) is 0 Å². The lowest BCUT2D eigenvalue weighted by Gasteiger charge is -2.48. The number of hydrogen-bond acceptors (Lipinski definition) is 8. The second kappa shape index (κ2) is 20.6. The summed E-state index contributed by atoms with van der Waals surface area (Å²) in [4.78, 5) is 49.2. The molecule has 3 aliphatic rings. The van der Waals surface area contributed by atoms with Crippen LogP contribution in [0, 0.1) is 23.7 Å². The molecule has 2 amide bonds. The van der Waals surface area contributed by atoms with E-state index in [2.05, 4.69) is 30.6 Å². The van der Waals surface area contributed by atoms with Gasteiger partial charge in [-0.25, -0.2) is 0 Å². The summed E-state index contributed by atoms with van der Waals surface area (Å²) in [6.07, 6.45) is 14.6. The summed E-state index contributed by atoms with van der Waals surface area (Å²) in [5, 5.41) is 16.4. The van der Waals surface area contributed by atoms with Crippen LogP contribution in [0.25, 0.3) is 0 Å². The van der Waals surface area contributed by atoms with Gasteiger partial charge in [0.05, 0.1) is 42.9 Å². The summed E-state index contributed by atoms with van der Waals surface area (Å²) >= 11 is 0. The molecule has 10 atom stereocenters. The standard InChI is InChI=1S/C40H66N2O8/c1-8-11-32(44)23-34-17-15-27(3)37(48-34)24-38(46)42-25-35(45)30(6)39(47)41-21-10-13-36-28(4)18-20-40(50-36)19-9-12-33(49-40)16-14-26(2)22-29(5)31(7)43/h8,11,22,26-28,30,33-37,45H,9-10,12-21,23-25H2,1-7H3,(H,41,47)(H,42,46)/b11-8+,29-22+/t26-,27?,28-,30?,33?,34+,35-,36?,37?,40-/m0/s1. The van der Waals surface area contributed by atoms with E-state index >= 15 is 0 Å². The number of amides is 2. The number of nitrogens with one attached hydrogen (secondary N) is 2. The van der Waals surface area contributed by atoms with Crippen molar-refractivity contribution in [1.82, 2.24) is 10.6 Å². The van der Waals surface area contributed by atoms with Crippen molar-refractivity contribution in [2.45, 2.75) is 168 Å². The average molecular weight is 703 g/mol. The molecule has 3 heterocycles. The Kier molecular flexibility index (Phi) is 17.3. The summed E-state index contributed by atoms with van der Waals surface area (Å²) in [6, 6.07) is 0. The SMILES string of the molecule is C/C=C/C(=O)C[C@H]1CCC(C)C(CC(=O)NC[C@H](O)C(C)C(=O)NCCCC2O[C@@]3(CCCC(CC[C@H](C)/C=C(\C)C(C)=O)O3)CC[C@@H]2C)O1. The van der Waals surface area contributed by atoms with Crippen molar-refractivity contribution < 1.29 is 38.5 Å². The Hall–Kier alpha value is -2.40. The molecule has 0 saturated carbocycles. The van der Waals surface area contributed by atoms with Crippen LogP contribution >= 0.6 is 0 Å².